The van der Waals surface area contributed by atoms with E-state index in [1.807, 2.05) is 58.1 Å². The van der Waals surface area contributed by atoms with Crippen molar-refractivity contribution in [3.63, 3.8) is 0 Å². The van der Waals surface area contributed by atoms with Crippen molar-refractivity contribution >= 4 is 6.09 Å². The molecule has 0 spiro atoms. The number of carbonyl (C=O) groups excluding carboxylic acids is 1. The van der Waals surface area contributed by atoms with Crippen LogP contribution in [0.5, 0.6) is 0 Å². The van der Waals surface area contributed by atoms with E-state index in [9.17, 15) is 4.79 Å². The van der Waals surface area contributed by atoms with Gasteiger partial charge < -0.3 is 10.1 Å². The van der Waals surface area contributed by atoms with Crippen LogP contribution in [0.1, 0.15) is 40.5 Å². The Kier molecular flexibility index (Phi) is 9.74. The van der Waals surface area contributed by atoms with Crippen LogP contribution in [-0.2, 0) is 4.74 Å². The second-order valence-electron chi connectivity index (χ2n) is 4.00. The second kappa shape index (κ2) is 10.6. The topological polar surface area (TPSA) is 38.3 Å². The quantitative estimate of drug-likeness (QED) is 0.695. The van der Waals surface area contributed by atoms with E-state index >= 15 is 0 Å². The van der Waals surface area contributed by atoms with Gasteiger partial charge in [0.15, 0.2) is 0 Å². The lowest BCUT2D eigenvalue weighted by molar-refractivity contribution is 0.151. The predicted octanol–water partition coefficient (Wildman–Crippen LogP) is 3.98. The second-order valence-corrected chi connectivity index (χ2v) is 4.00. The monoisotopic (exact) mass is 251 g/mol. The lowest BCUT2D eigenvalue weighted by atomic mass is 10.2. The molecule has 0 fully saturated rings. The van der Waals surface area contributed by atoms with Crippen LogP contribution in [0.15, 0.2) is 36.0 Å². The summed E-state index contributed by atoms with van der Waals surface area (Å²) in [5.41, 5.74) is 0.968. The maximum atomic E-state index is 11.6. The Hall–Kier alpha value is -1.51. The van der Waals surface area contributed by atoms with Crippen molar-refractivity contribution < 1.29 is 9.53 Å². The molecule has 0 aromatic rings. The number of hydrogen-bond donors (Lipinski definition) is 1. The maximum Gasteiger partial charge on any atom is 0.407 e. The normalized spacial score (nSPS) is 12.6. The van der Waals surface area contributed by atoms with Gasteiger partial charge in [0.25, 0.3) is 0 Å². The summed E-state index contributed by atoms with van der Waals surface area (Å²) in [7, 11) is 0. The van der Waals surface area contributed by atoms with Crippen molar-refractivity contribution in [1.82, 2.24) is 5.32 Å². The molecule has 0 saturated carbocycles. The van der Waals surface area contributed by atoms with Crippen molar-refractivity contribution in [1.29, 1.82) is 0 Å². The average Bonchev–Trinajstić information content (AvgIpc) is 2.39. The Balaban J connectivity index is 4.23. The van der Waals surface area contributed by atoms with E-state index in [4.69, 9.17) is 4.74 Å². The summed E-state index contributed by atoms with van der Waals surface area (Å²) in [5, 5.41) is 2.84. The molecule has 0 bridgehead atoms. The molecule has 0 unspecified atom stereocenters. The van der Waals surface area contributed by atoms with Crippen molar-refractivity contribution in [3.8, 4) is 0 Å². The molecule has 0 aliphatic rings. The van der Waals surface area contributed by atoms with Gasteiger partial charge in [-0.05, 0) is 32.3 Å². The molecule has 18 heavy (non-hydrogen) atoms. The van der Waals surface area contributed by atoms with Gasteiger partial charge in [-0.2, -0.15) is 0 Å². The summed E-state index contributed by atoms with van der Waals surface area (Å²) in [6, 6.07) is 0.196. The lowest BCUT2D eigenvalue weighted by Crippen LogP contribution is -2.34. The smallest absolute Gasteiger partial charge is 0.407 e. The molecule has 0 atom stereocenters. The minimum absolute atomic E-state index is 0.196. The highest BCUT2D eigenvalue weighted by molar-refractivity contribution is 5.67. The molecule has 0 aliphatic heterocycles. The molecular formula is C15H25NO2. The number of alkyl carbamates (subject to hydrolysis) is 1. The molecule has 0 heterocycles. The standard InChI is InChI=1S/C15H25NO2/c1-5-9-11-13(10-6-2)12-18-15(17)16-14(7-3)8-4/h5-6,9-11,14H,7-8,12H2,1-4H3,(H,16,17)/b9-5-,10-6-,13-11+. The zero-order chi connectivity index (χ0) is 13.8. The first kappa shape index (κ1) is 16.5. The van der Waals surface area contributed by atoms with Gasteiger partial charge in [-0.3, -0.25) is 0 Å². The summed E-state index contributed by atoms with van der Waals surface area (Å²) in [4.78, 5) is 11.6. The van der Waals surface area contributed by atoms with E-state index in [-0.39, 0.29) is 12.1 Å². The molecule has 3 heteroatoms. The fourth-order valence-corrected chi connectivity index (χ4v) is 1.44. The van der Waals surface area contributed by atoms with Gasteiger partial charge in [-0.15, -0.1) is 0 Å². The summed E-state index contributed by atoms with van der Waals surface area (Å²) in [5.74, 6) is 0. The lowest BCUT2D eigenvalue weighted by Gasteiger charge is -2.14. The number of rotatable bonds is 7. The highest BCUT2D eigenvalue weighted by atomic mass is 16.5. The summed E-state index contributed by atoms with van der Waals surface area (Å²) in [6.45, 7) is 8.27. The van der Waals surface area contributed by atoms with Crippen molar-refractivity contribution in [3.05, 3.63) is 36.0 Å². The molecule has 0 aromatic carbocycles. The van der Waals surface area contributed by atoms with Gasteiger partial charge in [-0.25, -0.2) is 4.79 Å². The number of hydrogen-bond acceptors (Lipinski definition) is 2. The molecule has 0 aromatic heterocycles. The van der Waals surface area contributed by atoms with E-state index in [2.05, 4.69) is 5.32 Å². The summed E-state index contributed by atoms with van der Waals surface area (Å²) >= 11 is 0. The van der Waals surface area contributed by atoms with Crippen LogP contribution in [0.3, 0.4) is 0 Å². The zero-order valence-electron chi connectivity index (χ0n) is 11.9. The predicted molar refractivity (Wildman–Crippen MR) is 76.6 cm³/mol. The van der Waals surface area contributed by atoms with Crippen LogP contribution in [0.2, 0.25) is 0 Å². The Morgan fingerprint density at radius 3 is 2.39 bits per heavy atom. The molecule has 1 N–H and O–H groups in total. The van der Waals surface area contributed by atoms with Gasteiger partial charge in [0.05, 0.1) is 0 Å². The average molecular weight is 251 g/mol. The molecular weight excluding hydrogens is 226 g/mol. The molecule has 102 valence electrons. The molecule has 0 radical (unpaired) electrons. The van der Waals surface area contributed by atoms with Crippen LogP contribution in [0, 0.1) is 0 Å². The zero-order valence-corrected chi connectivity index (χ0v) is 11.9. The largest absolute Gasteiger partial charge is 0.445 e. The Bertz CT molecular complexity index is 312. The van der Waals surface area contributed by atoms with Crippen LogP contribution >= 0.6 is 0 Å². The fourth-order valence-electron chi connectivity index (χ4n) is 1.44. The van der Waals surface area contributed by atoms with Crippen LogP contribution in [-0.4, -0.2) is 18.7 Å². The Labute approximate surface area is 111 Å². The first-order valence-corrected chi connectivity index (χ1v) is 6.55. The van der Waals surface area contributed by atoms with Crippen LogP contribution < -0.4 is 5.32 Å². The molecule has 0 saturated heterocycles. The van der Waals surface area contributed by atoms with Crippen molar-refractivity contribution in [2.45, 2.75) is 46.6 Å². The third kappa shape index (κ3) is 7.71. The summed E-state index contributed by atoms with van der Waals surface area (Å²) < 4.78 is 5.18. The molecule has 0 aliphatic carbocycles. The van der Waals surface area contributed by atoms with Gasteiger partial charge in [0, 0.05) is 6.04 Å². The SMILES string of the molecule is C\C=C/C=C(\C=C/C)COC(=O)NC(CC)CC. The van der Waals surface area contributed by atoms with Crippen LogP contribution in [0.25, 0.3) is 0 Å². The van der Waals surface area contributed by atoms with E-state index in [0.717, 1.165) is 18.4 Å². The van der Waals surface area contributed by atoms with Gasteiger partial charge >= 0.3 is 6.09 Å². The molecule has 1 amide bonds. The van der Waals surface area contributed by atoms with Crippen molar-refractivity contribution in [2.75, 3.05) is 6.61 Å². The highest BCUT2D eigenvalue weighted by Crippen LogP contribution is 2.01. The van der Waals surface area contributed by atoms with E-state index in [1.165, 1.54) is 0 Å². The van der Waals surface area contributed by atoms with Gasteiger partial charge in [-0.1, -0.05) is 44.2 Å². The van der Waals surface area contributed by atoms with E-state index < -0.39 is 0 Å². The first-order valence-electron chi connectivity index (χ1n) is 6.55. The number of carbonyl (C=O) groups is 1. The minimum atomic E-state index is -0.348. The number of amides is 1. The number of allylic oxidation sites excluding steroid dienone is 4. The van der Waals surface area contributed by atoms with Gasteiger partial charge in [0.2, 0.25) is 0 Å². The minimum Gasteiger partial charge on any atom is -0.445 e. The molecule has 3 nitrogen and oxygen atoms in total. The molecule has 0 rings (SSSR count). The number of ether oxygens (including phenoxy) is 1. The highest BCUT2D eigenvalue weighted by Gasteiger charge is 2.08. The number of nitrogens with one attached hydrogen (secondary N) is 1. The van der Waals surface area contributed by atoms with Crippen LogP contribution in [0.4, 0.5) is 4.79 Å². The third-order valence-electron chi connectivity index (χ3n) is 2.56. The third-order valence-corrected chi connectivity index (χ3v) is 2.56. The maximum absolute atomic E-state index is 11.6. The van der Waals surface area contributed by atoms with Gasteiger partial charge in [0.1, 0.15) is 6.61 Å². The van der Waals surface area contributed by atoms with E-state index in [1.54, 1.807) is 0 Å². The Morgan fingerprint density at radius 1 is 1.22 bits per heavy atom. The van der Waals surface area contributed by atoms with Crippen molar-refractivity contribution in [2.24, 2.45) is 0 Å². The first-order chi connectivity index (χ1) is 8.67. The summed E-state index contributed by atoms with van der Waals surface area (Å²) in [6.07, 6.45) is 11.2. The Morgan fingerprint density at radius 2 is 1.89 bits per heavy atom. The van der Waals surface area contributed by atoms with E-state index in [0.29, 0.717) is 6.61 Å². The fraction of sp³-hybridized carbons (Fsp3) is 0.533.